The lowest BCUT2D eigenvalue weighted by Crippen LogP contribution is -2.30. The Bertz CT molecular complexity index is 1210. The summed E-state index contributed by atoms with van der Waals surface area (Å²) in [5.74, 6) is -1.95. The summed E-state index contributed by atoms with van der Waals surface area (Å²) in [6.45, 7) is 4.86. The quantitative estimate of drug-likeness (QED) is 0.580. The van der Waals surface area contributed by atoms with Gasteiger partial charge in [0.1, 0.15) is 21.5 Å². The third-order valence-corrected chi connectivity index (χ3v) is 5.52. The minimum absolute atomic E-state index is 0.157. The van der Waals surface area contributed by atoms with Gasteiger partial charge in [-0.25, -0.2) is 9.59 Å². The zero-order chi connectivity index (χ0) is 22.5. The van der Waals surface area contributed by atoms with Gasteiger partial charge in [-0.1, -0.05) is 6.07 Å². The van der Waals surface area contributed by atoms with Gasteiger partial charge in [-0.3, -0.25) is 14.8 Å². The Balaban J connectivity index is 1.77. The molecule has 0 fully saturated rings. The Labute approximate surface area is 181 Å². The third-order valence-electron chi connectivity index (χ3n) is 4.33. The fraction of sp³-hybridized carbons (Fsp3) is 0.238. The molecular formula is C21H18N4O5S. The first kappa shape index (κ1) is 21.9. The Morgan fingerprint density at radius 3 is 2.68 bits per heavy atom. The summed E-state index contributed by atoms with van der Waals surface area (Å²) in [6.07, 6.45) is 1.80. The highest BCUT2D eigenvalue weighted by Gasteiger charge is 2.25. The maximum Gasteiger partial charge on any atom is 0.348 e. The lowest BCUT2D eigenvalue weighted by molar-refractivity contribution is -0.123. The van der Waals surface area contributed by atoms with Crippen LogP contribution in [0.25, 0.3) is 11.0 Å². The first-order valence-corrected chi connectivity index (χ1v) is 10.1. The normalized spacial score (nSPS) is 11.4. The molecular weight excluding hydrogens is 420 g/mol. The van der Waals surface area contributed by atoms with Crippen molar-refractivity contribution in [1.29, 1.82) is 5.26 Å². The highest BCUT2D eigenvalue weighted by Crippen LogP contribution is 2.33. The summed E-state index contributed by atoms with van der Waals surface area (Å²) in [4.78, 5) is 45.8. The Kier molecular flexibility index (Phi) is 6.57. The minimum Gasteiger partial charge on any atom is -0.462 e. The number of nitrogens with zero attached hydrogens (tertiary/aromatic N) is 3. The molecule has 9 nitrogen and oxygen atoms in total. The number of rotatable bonds is 6. The van der Waals surface area contributed by atoms with Crippen LogP contribution in [0, 0.1) is 18.3 Å². The van der Waals surface area contributed by atoms with E-state index >= 15 is 0 Å². The van der Waals surface area contributed by atoms with Crippen LogP contribution in [0.5, 0.6) is 0 Å². The number of aromatic nitrogens is 2. The number of nitrogens with one attached hydrogen (secondary N) is 1. The number of anilines is 1. The number of amides is 1. The molecule has 158 valence electrons. The minimum atomic E-state index is -1.17. The molecule has 0 aliphatic rings. The summed E-state index contributed by atoms with van der Waals surface area (Å²) in [7, 11) is 0. The first-order valence-electron chi connectivity index (χ1n) is 9.29. The summed E-state index contributed by atoms with van der Waals surface area (Å²) in [5.41, 5.74) is 1.64. The van der Waals surface area contributed by atoms with Gasteiger partial charge < -0.3 is 14.8 Å². The smallest absolute Gasteiger partial charge is 0.348 e. The number of benzene rings is 1. The van der Waals surface area contributed by atoms with Gasteiger partial charge in [0.2, 0.25) is 0 Å². The maximum atomic E-state index is 12.6. The molecule has 1 unspecified atom stereocenters. The van der Waals surface area contributed by atoms with Gasteiger partial charge >= 0.3 is 11.9 Å². The highest BCUT2D eigenvalue weighted by molar-refractivity contribution is 7.18. The number of carbonyl (C=O) groups is 3. The number of carbonyl (C=O) groups excluding carboxylic acids is 3. The van der Waals surface area contributed by atoms with Crippen molar-refractivity contribution in [2.45, 2.75) is 26.9 Å². The van der Waals surface area contributed by atoms with E-state index in [0.29, 0.717) is 16.6 Å². The van der Waals surface area contributed by atoms with Gasteiger partial charge in [0, 0.05) is 12.4 Å². The average molecular weight is 438 g/mol. The van der Waals surface area contributed by atoms with E-state index in [0.717, 1.165) is 11.3 Å². The number of nitriles is 1. The van der Waals surface area contributed by atoms with E-state index in [1.54, 1.807) is 26.0 Å². The van der Waals surface area contributed by atoms with Crippen molar-refractivity contribution in [3.8, 4) is 6.07 Å². The van der Waals surface area contributed by atoms with Gasteiger partial charge in [-0.05, 0) is 38.5 Å². The van der Waals surface area contributed by atoms with E-state index in [9.17, 15) is 19.6 Å². The number of ether oxygens (including phenoxy) is 2. The first-order chi connectivity index (χ1) is 14.9. The van der Waals surface area contributed by atoms with Crippen molar-refractivity contribution >= 4 is 45.2 Å². The summed E-state index contributed by atoms with van der Waals surface area (Å²) >= 11 is 0.934. The van der Waals surface area contributed by atoms with Crippen LogP contribution in [0.2, 0.25) is 0 Å². The van der Waals surface area contributed by atoms with Crippen LogP contribution in [-0.2, 0) is 14.3 Å². The zero-order valence-electron chi connectivity index (χ0n) is 17.0. The van der Waals surface area contributed by atoms with Crippen molar-refractivity contribution < 1.29 is 23.9 Å². The van der Waals surface area contributed by atoms with Crippen molar-refractivity contribution in [1.82, 2.24) is 9.97 Å². The molecule has 10 heteroatoms. The van der Waals surface area contributed by atoms with Gasteiger partial charge in [0.15, 0.2) is 6.10 Å². The topological polar surface area (TPSA) is 131 Å². The molecule has 1 amide bonds. The fourth-order valence-electron chi connectivity index (χ4n) is 2.78. The summed E-state index contributed by atoms with van der Waals surface area (Å²) in [5, 5.41) is 12.2. The second-order valence-corrected chi connectivity index (χ2v) is 7.38. The van der Waals surface area contributed by atoms with Crippen LogP contribution in [0.1, 0.15) is 45.0 Å². The van der Waals surface area contributed by atoms with Gasteiger partial charge in [0.05, 0.1) is 23.3 Å². The van der Waals surface area contributed by atoms with Crippen LogP contribution >= 0.6 is 11.3 Å². The molecule has 2 aromatic heterocycles. The molecule has 0 aliphatic heterocycles. The zero-order valence-corrected chi connectivity index (χ0v) is 17.8. The second kappa shape index (κ2) is 9.32. The molecule has 3 rings (SSSR count). The molecule has 0 spiro atoms. The maximum absolute atomic E-state index is 12.6. The fourth-order valence-corrected chi connectivity index (χ4v) is 3.83. The van der Waals surface area contributed by atoms with E-state index in [4.69, 9.17) is 9.47 Å². The average Bonchev–Trinajstić information content (AvgIpc) is 3.08. The molecule has 0 bridgehead atoms. The number of para-hydroxylation sites is 1. The number of esters is 2. The number of thiophene rings is 1. The molecule has 0 saturated heterocycles. The SMILES string of the molecule is CCOC(=O)c1sc(NC(=O)C(C)OC(=O)c2cccc3nccnc23)c(C#N)c1C. The molecule has 2 heterocycles. The van der Waals surface area contributed by atoms with E-state index < -0.39 is 23.9 Å². The summed E-state index contributed by atoms with van der Waals surface area (Å²) < 4.78 is 10.3. The molecule has 1 N–H and O–H groups in total. The number of hydrogen-bond acceptors (Lipinski definition) is 9. The van der Waals surface area contributed by atoms with Crippen LogP contribution in [0.3, 0.4) is 0 Å². The monoisotopic (exact) mass is 438 g/mol. The van der Waals surface area contributed by atoms with Gasteiger partial charge in [-0.15, -0.1) is 11.3 Å². The molecule has 31 heavy (non-hydrogen) atoms. The highest BCUT2D eigenvalue weighted by atomic mass is 32.1. The second-order valence-electron chi connectivity index (χ2n) is 6.36. The van der Waals surface area contributed by atoms with E-state index in [2.05, 4.69) is 15.3 Å². The molecule has 1 atom stereocenters. The van der Waals surface area contributed by atoms with Crippen LogP contribution in [0.15, 0.2) is 30.6 Å². The Morgan fingerprint density at radius 1 is 1.23 bits per heavy atom. The predicted octanol–water partition coefficient (Wildman–Crippen LogP) is 3.23. The van der Waals surface area contributed by atoms with Crippen LogP contribution in [0.4, 0.5) is 5.00 Å². The largest absolute Gasteiger partial charge is 0.462 e. The van der Waals surface area contributed by atoms with Crippen molar-refractivity contribution in [2.24, 2.45) is 0 Å². The summed E-state index contributed by atoms with van der Waals surface area (Å²) in [6, 6.07) is 6.86. The van der Waals surface area contributed by atoms with E-state index in [1.165, 1.54) is 25.4 Å². The molecule has 0 aliphatic carbocycles. The molecule has 0 saturated carbocycles. The molecule has 0 radical (unpaired) electrons. The van der Waals surface area contributed by atoms with Gasteiger partial charge in [-0.2, -0.15) is 5.26 Å². The Morgan fingerprint density at radius 2 is 1.97 bits per heavy atom. The van der Waals surface area contributed by atoms with E-state index in [1.807, 2.05) is 6.07 Å². The van der Waals surface area contributed by atoms with Gasteiger partial charge in [0.25, 0.3) is 5.91 Å². The number of fused-ring (bicyclic) bond motifs is 1. The lowest BCUT2D eigenvalue weighted by Gasteiger charge is -2.13. The van der Waals surface area contributed by atoms with E-state index in [-0.39, 0.29) is 27.6 Å². The van der Waals surface area contributed by atoms with Crippen LogP contribution in [-0.4, -0.2) is 40.5 Å². The molecule has 3 aromatic rings. The van der Waals surface area contributed by atoms with Crippen molar-refractivity contribution in [2.75, 3.05) is 11.9 Å². The van der Waals surface area contributed by atoms with Crippen molar-refractivity contribution in [3.63, 3.8) is 0 Å². The number of hydrogen-bond donors (Lipinski definition) is 1. The molecule has 1 aromatic carbocycles. The lowest BCUT2D eigenvalue weighted by atomic mass is 10.1. The van der Waals surface area contributed by atoms with Crippen LogP contribution < -0.4 is 5.32 Å². The predicted molar refractivity (Wildman–Crippen MR) is 113 cm³/mol. The standard InChI is InChI=1S/C21H18N4O5S/c1-4-29-21(28)17-11(2)14(10-22)19(31-17)25-18(26)12(3)30-20(27)13-6-5-7-15-16(13)24-9-8-23-15/h5-9,12H,4H2,1-3H3,(H,25,26). The van der Waals surface area contributed by atoms with Crippen molar-refractivity contribution in [3.05, 3.63) is 52.2 Å². The Hall–Kier alpha value is -3.84. The third kappa shape index (κ3) is 4.51.